The van der Waals surface area contributed by atoms with Crippen LogP contribution in [0.3, 0.4) is 0 Å². The second-order valence-electron chi connectivity index (χ2n) is 12.2. The number of pyridine rings is 2. The Labute approximate surface area is 314 Å². The molecule has 52 heavy (non-hydrogen) atoms. The van der Waals surface area contributed by atoms with Crippen molar-refractivity contribution in [3.05, 3.63) is 92.0 Å². The zero-order valence-corrected chi connectivity index (χ0v) is 32.2. The molecule has 0 aliphatic carbocycles. The molecule has 0 spiro atoms. The van der Waals surface area contributed by atoms with Gasteiger partial charge in [0.15, 0.2) is 0 Å². The summed E-state index contributed by atoms with van der Waals surface area (Å²) in [7, 11) is 5.77. The highest BCUT2D eigenvalue weighted by molar-refractivity contribution is 6.32. The number of halogens is 2. The molecule has 0 saturated heterocycles. The lowest BCUT2D eigenvalue weighted by Crippen LogP contribution is -2.34. The van der Waals surface area contributed by atoms with Crippen molar-refractivity contribution in [1.82, 2.24) is 15.3 Å². The fourth-order valence-corrected chi connectivity index (χ4v) is 6.08. The number of esters is 2. The molecule has 4 rings (SSSR count). The molecule has 0 amide bonds. The van der Waals surface area contributed by atoms with Crippen LogP contribution in [0.15, 0.2) is 48.5 Å². The number of nitrogens with one attached hydrogen (secondary N) is 1. The average molecular weight is 755 g/mol. The van der Waals surface area contributed by atoms with Gasteiger partial charge in [0.25, 0.3) is 0 Å². The maximum Gasteiger partial charge on any atom is 0.322 e. The molecule has 0 saturated carbocycles. The minimum absolute atomic E-state index is 0.220. The Bertz CT molecular complexity index is 1750. The first-order valence-electron chi connectivity index (χ1n) is 16.7. The van der Waals surface area contributed by atoms with E-state index < -0.39 is 6.04 Å². The molecular weight excluding hydrogens is 709 g/mol. The SMILES string of the molecule is COC(=O)[C@@H](C)CCc1cc(Cl)c(OCc2cccc(-c3cccc(COc4nc(OC)c(CN[C@H](C)C(=O)OC)cc4Cl)c3C)c2C)nc1OC. The van der Waals surface area contributed by atoms with Crippen LogP contribution in [0, 0.1) is 19.8 Å². The summed E-state index contributed by atoms with van der Waals surface area (Å²) in [6.07, 6.45) is 1.10. The number of methoxy groups -OCH3 is 4. The lowest BCUT2D eigenvalue weighted by atomic mass is 9.92. The Kier molecular flexibility index (Phi) is 14.5. The van der Waals surface area contributed by atoms with Gasteiger partial charge in [-0.25, -0.2) is 0 Å². The zero-order chi connectivity index (χ0) is 37.9. The molecule has 4 aromatic rings. The first-order chi connectivity index (χ1) is 24.9. The molecule has 2 heterocycles. The number of hydrogen-bond acceptors (Lipinski definition) is 11. The van der Waals surface area contributed by atoms with Crippen molar-refractivity contribution in [3.63, 3.8) is 0 Å². The van der Waals surface area contributed by atoms with Gasteiger partial charge in [-0.05, 0) is 79.1 Å². The van der Waals surface area contributed by atoms with Crippen molar-refractivity contribution in [2.75, 3.05) is 28.4 Å². The van der Waals surface area contributed by atoms with E-state index >= 15 is 0 Å². The van der Waals surface area contributed by atoms with E-state index in [9.17, 15) is 9.59 Å². The molecule has 0 aliphatic heterocycles. The topological polar surface area (TPSA) is 127 Å². The predicted octanol–water partition coefficient (Wildman–Crippen LogP) is 7.64. The van der Waals surface area contributed by atoms with Gasteiger partial charge < -0.3 is 33.7 Å². The van der Waals surface area contributed by atoms with Crippen LogP contribution >= 0.6 is 23.2 Å². The number of ether oxygens (including phenoxy) is 6. The van der Waals surface area contributed by atoms with Crippen LogP contribution < -0.4 is 24.3 Å². The molecule has 11 nitrogen and oxygen atoms in total. The number of carbonyl (C=O) groups excluding carboxylic acids is 2. The van der Waals surface area contributed by atoms with E-state index in [2.05, 4.69) is 34.3 Å². The van der Waals surface area contributed by atoms with Crippen molar-refractivity contribution in [2.45, 2.75) is 66.3 Å². The summed E-state index contributed by atoms with van der Waals surface area (Å²) in [5.41, 5.74) is 7.54. The van der Waals surface area contributed by atoms with E-state index in [0.717, 1.165) is 38.9 Å². The van der Waals surface area contributed by atoms with Crippen LogP contribution in [0.25, 0.3) is 11.1 Å². The Morgan fingerprint density at radius 1 is 0.692 bits per heavy atom. The number of hydrogen-bond donors (Lipinski definition) is 1. The summed E-state index contributed by atoms with van der Waals surface area (Å²) in [6, 6.07) is 15.1. The number of carbonyl (C=O) groups is 2. The molecule has 13 heteroatoms. The van der Waals surface area contributed by atoms with Crippen molar-refractivity contribution < 1.29 is 38.0 Å². The zero-order valence-electron chi connectivity index (χ0n) is 30.7. The number of aromatic nitrogens is 2. The summed E-state index contributed by atoms with van der Waals surface area (Å²) >= 11 is 13.2. The third kappa shape index (κ3) is 9.84. The third-order valence-electron chi connectivity index (χ3n) is 8.87. The van der Waals surface area contributed by atoms with E-state index in [4.69, 9.17) is 51.6 Å². The monoisotopic (exact) mass is 753 g/mol. The third-order valence-corrected chi connectivity index (χ3v) is 9.41. The first kappa shape index (κ1) is 40.2. The van der Waals surface area contributed by atoms with Gasteiger partial charge in [-0.3, -0.25) is 9.59 Å². The highest BCUT2D eigenvalue weighted by Gasteiger charge is 2.20. The second kappa shape index (κ2) is 18.8. The maximum absolute atomic E-state index is 11.8. The van der Waals surface area contributed by atoms with Gasteiger partial charge in [0.2, 0.25) is 23.5 Å². The molecule has 0 unspecified atom stereocenters. The Hall–Kier alpha value is -4.58. The molecule has 2 aromatic heterocycles. The minimum atomic E-state index is -0.519. The quantitative estimate of drug-likeness (QED) is 0.107. The van der Waals surface area contributed by atoms with Crippen molar-refractivity contribution >= 4 is 35.1 Å². The normalized spacial score (nSPS) is 12.1. The molecule has 2 aromatic carbocycles. The number of aryl methyl sites for hydroxylation is 1. The van der Waals surface area contributed by atoms with E-state index in [-0.39, 0.29) is 42.8 Å². The van der Waals surface area contributed by atoms with Gasteiger partial charge in [0.1, 0.15) is 29.3 Å². The standard InChI is InChI=1S/C39H45Cl2N3O8/c1-22(38(45)49-7)15-16-26-17-32(40)36(43-34(26)47-5)51-20-27-11-9-13-30(23(27)2)31-14-10-12-28(24(31)3)21-52-37-33(41)18-29(35(44-37)48-6)19-42-25(4)39(46)50-8/h9-14,17-18,22,25,42H,15-16,19-21H2,1-8H3/t22-,25+/m0/s1. The molecule has 1 N–H and O–H groups in total. The van der Waals surface area contributed by atoms with Gasteiger partial charge in [-0.1, -0.05) is 66.5 Å². The van der Waals surface area contributed by atoms with Crippen LogP contribution in [-0.4, -0.2) is 56.4 Å². The summed E-state index contributed by atoms with van der Waals surface area (Å²) in [6.45, 7) is 8.37. The van der Waals surface area contributed by atoms with Gasteiger partial charge >= 0.3 is 11.9 Å². The number of benzene rings is 2. The summed E-state index contributed by atoms with van der Waals surface area (Å²) in [5, 5.41) is 3.74. The Morgan fingerprint density at radius 3 is 1.65 bits per heavy atom. The van der Waals surface area contributed by atoms with Crippen LogP contribution in [0.5, 0.6) is 23.5 Å². The first-order valence-corrected chi connectivity index (χ1v) is 17.5. The van der Waals surface area contributed by atoms with Crippen LogP contribution in [-0.2, 0) is 45.2 Å². The second-order valence-corrected chi connectivity index (χ2v) is 13.0. The minimum Gasteiger partial charge on any atom is -0.481 e. The average Bonchev–Trinajstić information content (AvgIpc) is 3.15. The van der Waals surface area contributed by atoms with E-state index in [1.54, 1.807) is 19.1 Å². The van der Waals surface area contributed by atoms with Crippen molar-refractivity contribution in [1.29, 1.82) is 0 Å². The predicted molar refractivity (Wildman–Crippen MR) is 199 cm³/mol. The number of nitrogens with zero attached hydrogens (tertiary/aromatic N) is 2. The molecule has 278 valence electrons. The van der Waals surface area contributed by atoms with Crippen molar-refractivity contribution in [3.8, 4) is 34.6 Å². The summed E-state index contributed by atoms with van der Waals surface area (Å²) in [4.78, 5) is 32.6. The Morgan fingerprint density at radius 2 is 1.17 bits per heavy atom. The van der Waals surface area contributed by atoms with Crippen molar-refractivity contribution in [2.24, 2.45) is 5.92 Å². The highest BCUT2D eigenvalue weighted by atomic mass is 35.5. The molecule has 0 bridgehead atoms. The lowest BCUT2D eigenvalue weighted by Gasteiger charge is -2.18. The van der Waals surface area contributed by atoms with E-state index in [0.29, 0.717) is 46.8 Å². The largest absolute Gasteiger partial charge is 0.481 e. The fraction of sp³-hybridized carbons (Fsp3) is 0.385. The summed E-state index contributed by atoms with van der Waals surface area (Å²) < 4.78 is 32.9. The molecule has 0 aliphatic rings. The fourth-order valence-electron chi connectivity index (χ4n) is 5.62. The van der Waals surface area contributed by atoms with Gasteiger partial charge in [0, 0.05) is 17.7 Å². The lowest BCUT2D eigenvalue weighted by molar-refractivity contribution is -0.145. The van der Waals surface area contributed by atoms with E-state index in [1.165, 1.54) is 28.4 Å². The van der Waals surface area contributed by atoms with E-state index in [1.807, 2.05) is 38.1 Å². The smallest absolute Gasteiger partial charge is 0.322 e. The van der Waals surface area contributed by atoms with Gasteiger partial charge in [-0.2, -0.15) is 9.97 Å². The van der Waals surface area contributed by atoms with Crippen LogP contribution in [0.4, 0.5) is 0 Å². The highest BCUT2D eigenvalue weighted by Crippen LogP contribution is 2.35. The summed E-state index contributed by atoms with van der Waals surface area (Å²) in [5.74, 6) is 0.299. The molecular formula is C39H45Cl2N3O8. The molecule has 2 atom stereocenters. The van der Waals surface area contributed by atoms with Gasteiger partial charge in [0.05, 0.1) is 34.4 Å². The Balaban J connectivity index is 1.48. The molecule has 0 radical (unpaired) electrons. The number of rotatable bonds is 17. The van der Waals surface area contributed by atoms with Gasteiger partial charge in [-0.15, -0.1) is 0 Å². The van der Waals surface area contributed by atoms with Crippen LogP contribution in [0.2, 0.25) is 10.0 Å². The van der Waals surface area contributed by atoms with Crippen LogP contribution in [0.1, 0.15) is 53.6 Å². The maximum atomic E-state index is 11.8. The molecule has 0 fully saturated rings.